The highest BCUT2D eigenvalue weighted by molar-refractivity contribution is 5.21. The molecule has 0 aliphatic heterocycles. The van der Waals surface area contributed by atoms with E-state index < -0.39 is 12.0 Å². The third-order valence-electron chi connectivity index (χ3n) is 8.55. The van der Waals surface area contributed by atoms with Crippen molar-refractivity contribution in [1.29, 1.82) is 0 Å². The monoisotopic (exact) mass is 472 g/mol. The zero-order chi connectivity index (χ0) is 23.8. The third kappa shape index (κ3) is 7.16. The summed E-state index contributed by atoms with van der Waals surface area (Å²) in [5.74, 6) is 2.32. The van der Waals surface area contributed by atoms with Crippen LogP contribution in [-0.2, 0) is 4.74 Å². The van der Waals surface area contributed by atoms with Crippen molar-refractivity contribution in [3.05, 3.63) is 55.1 Å². The zero-order valence-corrected chi connectivity index (χ0v) is 20.6. The first-order chi connectivity index (χ1) is 16.5. The van der Waals surface area contributed by atoms with Crippen LogP contribution in [0, 0.1) is 29.6 Å². The van der Waals surface area contributed by atoms with E-state index in [1.54, 1.807) is 24.3 Å². The fourth-order valence-electron chi connectivity index (χ4n) is 6.43. The van der Waals surface area contributed by atoms with Gasteiger partial charge in [0, 0.05) is 0 Å². The standard InChI is InChI=1S/C30H42F2O2/c1-2-22-33-28-20-12-24(13-21-28)9-8-23-10-14-25(15-11-23)26-16-18-27(19-17-26)30(31,32)34-29-6-4-3-5-7-29/h2-9,23-28H,1,10-22H2/b9-8+. The highest BCUT2D eigenvalue weighted by atomic mass is 19.3. The fourth-order valence-corrected chi connectivity index (χ4v) is 6.43. The second kappa shape index (κ2) is 12.3. The second-order valence-electron chi connectivity index (χ2n) is 10.8. The summed E-state index contributed by atoms with van der Waals surface area (Å²) in [7, 11) is 0. The highest BCUT2D eigenvalue weighted by Crippen LogP contribution is 2.45. The molecular weight excluding hydrogens is 430 g/mol. The van der Waals surface area contributed by atoms with Crippen molar-refractivity contribution in [3.63, 3.8) is 0 Å². The molecule has 0 aromatic heterocycles. The van der Waals surface area contributed by atoms with E-state index in [9.17, 15) is 8.78 Å². The summed E-state index contributed by atoms with van der Waals surface area (Å²) in [5, 5.41) is 0. The van der Waals surface area contributed by atoms with Crippen molar-refractivity contribution >= 4 is 0 Å². The van der Waals surface area contributed by atoms with Gasteiger partial charge in [-0.3, -0.25) is 0 Å². The summed E-state index contributed by atoms with van der Waals surface area (Å²) in [6.45, 7) is 4.40. The Morgan fingerprint density at radius 3 is 1.85 bits per heavy atom. The Hall–Kier alpha value is -1.68. The van der Waals surface area contributed by atoms with E-state index in [0.29, 0.717) is 49.2 Å². The largest absolute Gasteiger partial charge is 0.432 e. The number of allylic oxidation sites excluding steroid dienone is 2. The van der Waals surface area contributed by atoms with Gasteiger partial charge < -0.3 is 9.47 Å². The van der Waals surface area contributed by atoms with Crippen molar-refractivity contribution in [1.82, 2.24) is 0 Å². The molecule has 3 saturated carbocycles. The molecular formula is C30H42F2O2. The van der Waals surface area contributed by atoms with Gasteiger partial charge in [-0.2, -0.15) is 8.78 Å². The van der Waals surface area contributed by atoms with Gasteiger partial charge in [0.25, 0.3) is 0 Å². The molecule has 1 aromatic rings. The Morgan fingerprint density at radius 1 is 0.765 bits per heavy atom. The minimum atomic E-state index is -3.08. The molecule has 3 aliphatic carbocycles. The average molecular weight is 473 g/mol. The van der Waals surface area contributed by atoms with Crippen molar-refractivity contribution in [2.75, 3.05) is 6.61 Å². The molecule has 0 N–H and O–H groups in total. The molecule has 0 saturated heterocycles. The van der Waals surface area contributed by atoms with Crippen LogP contribution in [0.3, 0.4) is 0 Å². The van der Waals surface area contributed by atoms with Crippen LogP contribution in [-0.4, -0.2) is 18.8 Å². The first kappa shape index (κ1) is 25.4. The van der Waals surface area contributed by atoms with E-state index in [1.165, 1.54) is 38.5 Å². The lowest BCUT2D eigenvalue weighted by molar-refractivity contribution is -0.224. The molecule has 1 aromatic carbocycles. The van der Waals surface area contributed by atoms with Crippen LogP contribution in [0.4, 0.5) is 8.78 Å². The minimum Gasteiger partial charge on any atom is -0.432 e. The zero-order valence-electron chi connectivity index (χ0n) is 20.6. The van der Waals surface area contributed by atoms with Crippen LogP contribution in [0.15, 0.2) is 55.1 Å². The molecule has 0 unspecified atom stereocenters. The Balaban J connectivity index is 1.15. The number of alkyl halides is 2. The van der Waals surface area contributed by atoms with Crippen LogP contribution in [0.5, 0.6) is 5.75 Å². The van der Waals surface area contributed by atoms with Gasteiger partial charge in [-0.15, -0.1) is 6.58 Å². The molecule has 0 amide bonds. The lowest BCUT2D eigenvalue weighted by Crippen LogP contribution is -2.38. The molecule has 2 nitrogen and oxygen atoms in total. The SMILES string of the molecule is C=CCOC1CCC(/C=C/C2CCC(C3CCC(C(F)(F)Oc4ccccc4)CC3)CC2)CC1. The molecule has 4 heteroatoms. The third-order valence-corrected chi connectivity index (χ3v) is 8.55. The summed E-state index contributed by atoms with van der Waals surface area (Å²) in [6, 6.07) is 8.50. The van der Waals surface area contributed by atoms with Crippen LogP contribution in [0.25, 0.3) is 0 Å². The van der Waals surface area contributed by atoms with Crippen LogP contribution >= 0.6 is 0 Å². The predicted molar refractivity (Wildman–Crippen MR) is 134 cm³/mol. The molecule has 3 aliphatic rings. The maximum absolute atomic E-state index is 14.7. The van der Waals surface area contributed by atoms with Crippen LogP contribution in [0.2, 0.25) is 0 Å². The number of benzene rings is 1. The summed E-state index contributed by atoms with van der Waals surface area (Å²) in [6.07, 6.45) is 16.9. The van der Waals surface area contributed by atoms with Crippen LogP contribution in [0.1, 0.15) is 77.0 Å². The first-order valence-corrected chi connectivity index (χ1v) is 13.6. The molecule has 0 spiro atoms. The highest BCUT2D eigenvalue weighted by Gasteiger charge is 2.45. The maximum Gasteiger partial charge on any atom is 0.400 e. The van der Waals surface area contributed by atoms with E-state index >= 15 is 0 Å². The number of hydrogen-bond donors (Lipinski definition) is 0. The molecule has 188 valence electrons. The van der Waals surface area contributed by atoms with Crippen molar-refractivity contribution < 1.29 is 18.3 Å². The lowest BCUT2D eigenvalue weighted by atomic mass is 9.69. The van der Waals surface area contributed by atoms with Gasteiger partial charge in [0.2, 0.25) is 0 Å². The summed E-state index contributed by atoms with van der Waals surface area (Å²) in [4.78, 5) is 0. The minimum absolute atomic E-state index is 0.259. The van der Waals surface area contributed by atoms with E-state index in [4.69, 9.17) is 9.47 Å². The number of para-hydroxylation sites is 1. The molecule has 4 rings (SSSR count). The van der Waals surface area contributed by atoms with Crippen LogP contribution < -0.4 is 4.74 Å². The van der Waals surface area contributed by atoms with Crippen molar-refractivity contribution in [3.8, 4) is 5.75 Å². The van der Waals surface area contributed by atoms with E-state index in [-0.39, 0.29) is 5.75 Å². The number of ether oxygens (including phenoxy) is 2. The van der Waals surface area contributed by atoms with Gasteiger partial charge in [0.1, 0.15) is 5.75 Å². The van der Waals surface area contributed by atoms with Crippen molar-refractivity contribution in [2.24, 2.45) is 29.6 Å². The number of halogens is 2. The van der Waals surface area contributed by atoms with Gasteiger partial charge in [0.05, 0.1) is 18.6 Å². The Morgan fingerprint density at radius 2 is 1.29 bits per heavy atom. The van der Waals surface area contributed by atoms with E-state index in [1.807, 2.05) is 12.1 Å². The van der Waals surface area contributed by atoms with E-state index in [2.05, 4.69) is 18.7 Å². The Kier molecular flexibility index (Phi) is 9.22. The molecule has 0 heterocycles. The first-order valence-electron chi connectivity index (χ1n) is 13.6. The Labute approximate surface area is 204 Å². The quantitative estimate of drug-likeness (QED) is 0.335. The number of rotatable bonds is 9. The summed E-state index contributed by atoms with van der Waals surface area (Å²) >= 11 is 0. The average Bonchev–Trinajstić information content (AvgIpc) is 2.87. The fraction of sp³-hybridized carbons (Fsp3) is 0.667. The smallest absolute Gasteiger partial charge is 0.400 e. The van der Waals surface area contributed by atoms with Gasteiger partial charge in [0.15, 0.2) is 0 Å². The Bertz CT molecular complexity index is 753. The van der Waals surface area contributed by atoms with Gasteiger partial charge in [-0.1, -0.05) is 36.4 Å². The second-order valence-corrected chi connectivity index (χ2v) is 10.8. The molecule has 0 bridgehead atoms. The topological polar surface area (TPSA) is 18.5 Å². The van der Waals surface area contributed by atoms with Gasteiger partial charge >= 0.3 is 6.11 Å². The number of hydrogen-bond acceptors (Lipinski definition) is 2. The molecule has 34 heavy (non-hydrogen) atoms. The molecule has 0 radical (unpaired) electrons. The normalized spacial score (nSPS) is 33.0. The lowest BCUT2D eigenvalue weighted by Gasteiger charge is -2.39. The molecule has 0 atom stereocenters. The summed E-state index contributed by atoms with van der Waals surface area (Å²) in [5.41, 5.74) is 0. The summed E-state index contributed by atoms with van der Waals surface area (Å²) < 4.78 is 40.3. The maximum atomic E-state index is 14.7. The molecule has 3 fully saturated rings. The van der Waals surface area contributed by atoms with Gasteiger partial charge in [-0.05, 0) is 113 Å². The van der Waals surface area contributed by atoms with Gasteiger partial charge in [-0.25, -0.2) is 0 Å². The van der Waals surface area contributed by atoms with E-state index in [0.717, 1.165) is 25.7 Å². The van der Waals surface area contributed by atoms with Crippen molar-refractivity contribution in [2.45, 2.75) is 89.3 Å². The predicted octanol–water partition coefficient (Wildman–Crippen LogP) is 8.59.